The Bertz CT molecular complexity index is 1340. The van der Waals surface area contributed by atoms with Crippen LogP contribution in [0.15, 0.2) is 27.9 Å². The second-order valence-electron chi connectivity index (χ2n) is 12.2. The maximum Gasteiger partial charge on any atom is 0.223 e. The van der Waals surface area contributed by atoms with Crippen molar-refractivity contribution >= 4 is 17.6 Å². The van der Waals surface area contributed by atoms with Gasteiger partial charge in [0, 0.05) is 78.1 Å². The number of amidine groups is 1. The molecule has 240 valence electrons. The molecular weight excluding hydrogens is 564 g/mol. The highest BCUT2D eigenvalue weighted by Crippen LogP contribution is 2.30. The summed E-state index contributed by atoms with van der Waals surface area (Å²) in [7, 11) is 1.60. The number of hydrogen-bond acceptors (Lipinski definition) is 10. The number of benzene rings is 1. The molecule has 0 aliphatic carbocycles. The summed E-state index contributed by atoms with van der Waals surface area (Å²) >= 11 is 0. The number of carbonyl (C=O) groups is 2. The Kier molecular flexibility index (Phi) is 10.5. The molecule has 1 fully saturated rings. The molecule has 2 amide bonds. The van der Waals surface area contributed by atoms with Gasteiger partial charge in [-0.25, -0.2) is 9.98 Å². The second kappa shape index (κ2) is 14.5. The van der Waals surface area contributed by atoms with Gasteiger partial charge in [0.1, 0.15) is 18.2 Å². The van der Waals surface area contributed by atoms with Crippen molar-refractivity contribution in [3.8, 4) is 5.75 Å². The molecule has 0 spiro atoms. The predicted molar refractivity (Wildman–Crippen MR) is 164 cm³/mol. The Hall–Kier alpha value is -3.48. The maximum absolute atomic E-state index is 13.2. The molecule has 2 unspecified atom stereocenters. The predicted octanol–water partition coefficient (Wildman–Crippen LogP) is 2.09. The molecule has 1 aromatic heterocycles. The van der Waals surface area contributed by atoms with Gasteiger partial charge in [-0.1, -0.05) is 6.07 Å². The molecule has 12 nitrogen and oxygen atoms in total. The summed E-state index contributed by atoms with van der Waals surface area (Å²) in [5, 5.41) is 17.3. The minimum atomic E-state index is -0.686. The number of aryl methyl sites for hydroxylation is 1. The van der Waals surface area contributed by atoms with Gasteiger partial charge < -0.3 is 34.5 Å². The average Bonchev–Trinajstić information content (AvgIpc) is 3.43. The summed E-state index contributed by atoms with van der Waals surface area (Å²) in [4.78, 5) is 37.7. The van der Waals surface area contributed by atoms with Gasteiger partial charge in [0.15, 0.2) is 18.4 Å². The number of methoxy groups -OCH3 is 1. The summed E-state index contributed by atoms with van der Waals surface area (Å²) in [5.74, 6) is 2.05. The number of aromatic nitrogens is 1. The average molecular weight is 611 g/mol. The molecule has 2 aromatic rings. The van der Waals surface area contributed by atoms with Gasteiger partial charge in [0.2, 0.25) is 11.8 Å². The zero-order valence-electron chi connectivity index (χ0n) is 26.3. The molecule has 3 aliphatic rings. The van der Waals surface area contributed by atoms with Crippen LogP contribution >= 0.6 is 0 Å². The van der Waals surface area contributed by atoms with Crippen LogP contribution in [0, 0.1) is 19.8 Å². The molecule has 1 aromatic carbocycles. The molecular formula is C32H46N6O6. The van der Waals surface area contributed by atoms with E-state index in [-0.39, 0.29) is 30.3 Å². The quantitative estimate of drug-likeness (QED) is 0.369. The van der Waals surface area contributed by atoms with Crippen molar-refractivity contribution in [3.63, 3.8) is 0 Å². The smallest absolute Gasteiger partial charge is 0.223 e. The van der Waals surface area contributed by atoms with E-state index in [1.54, 1.807) is 14.0 Å². The van der Waals surface area contributed by atoms with Crippen molar-refractivity contribution in [3.05, 3.63) is 46.7 Å². The van der Waals surface area contributed by atoms with E-state index in [9.17, 15) is 14.7 Å². The summed E-state index contributed by atoms with van der Waals surface area (Å²) in [5.41, 5.74) is 4.48. The molecule has 0 bridgehead atoms. The Morgan fingerprint density at radius 1 is 1.20 bits per heavy atom. The topological polar surface area (TPSA) is 142 Å². The van der Waals surface area contributed by atoms with E-state index in [0.29, 0.717) is 26.0 Å². The number of amides is 2. The largest absolute Gasteiger partial charge is 0.485 e. The van der Waals surface area contributed by atoms with Crippen LogP contribution in [0.4, 0.5) is 0 Å². The van der Waals surface area contributed by atoms with Crippen LogP contribution in [0.5, 0.6) is 5.75 Å². The van der Waals surface area contributed by atoms with Crippen LogP contribution in [0.3, 0.4) is 0 Å². The van der Waals surface area contributed by atoms with E-state index in [4.69, 9.17) is 13.9 Å². The Morgan fingerprint density at radius 2 is 2.00 bits per heavy atom. The highest BCUT2D eigenvalue weighted by molar-refractivity contribution is 5.90. The Morgan fingerprint density at radius 3 is 2.70 bits per heavy atom. The van der Waals surface area contributed by atoms with Gasteiger partial charge in [-0.05, 0) is 55.9 Å². The number of nitrogens with zero attached hydrogens (tertiary/aromatic N) is 4. The maximum atomic E-state index is 13.2. The highest BCUT2D eigenvalue weighted by atomic mass is 16.5. The van der Waals surface area contributed by atoms with E-state index in [1.165, 1.54) is 17.5 Å². The van der Waals surface area contributed by atoms with Gasteiger partial charge in [0.05, 0.1) is 11.8 Å². The van der Waals surface area contributed by atoms with Crippen LogP contribution < -0.4 is 15.4 Å². The summed E-state index contributed by atoms with van der Waals surface area (Å²) in [6.07, 6.45) is 3.91. The molecule has 3 atom stereocenters. The van der Waals surface area contributed by atoms with Gasteiger partial charge >= 0.3 is 0 Å². The number of nitrogens with one attached hydrogen (secondary N) is 2. The zero-order chi connectivity index (χ0) is 31.2. The number of piperidine rings is 1. The van der Waals surface area contributed by atoms with Crippen molar-refractivity contribution in [2.45, 2.75) is 84.4 Å². The first-order valence-electron chi connectivity index (χ1n) is 15.6. The molecule has 1 saturated heterocycles. The van der Waals surface area contributed by atoms with Gasteiger partial charge in [-0.15, -0.1) is 0 Å². The van der Waals surface area contributed by atoms with Gasteiger partial charge in [0.25, 0.3) is 0 Å². The molecule has 5 rings (SSSR count). The van der Waals surface area contributed by atoms with E-state index < -0.39 is 12.3 Å². The van der Waals surface area contributed by atoms with Crippen LogP contribution in [-0.2, 0) is 33.9 Å². The normalized spacial score (nSPS) is 21.8. The van der Waals surface area contributed by atoms with Crippen molar-refractivity contribution in [1.82, 2.24) is 25.4 Å². The number of oxazole rings is 1. The fraction of sp³-hybridized carbons (Fsp3) is 0.625. The first-order chi connectivity index (χ1) is 21.2. The lowest BCUT2D eigenvalue weighted by Crippen LogP contribution is -2.49. The fourth-order valence-electron chi connectivity index (χ4n) is 6.38. The number of fused-ring (bicyclic) bond motifs is 1. The molecule has 0 saturated carbocycles. The number of aliphatic imine (C=N–C) groups is 1. The minimum absolute atomic E-state index is 0.0978. The molecule has 44 heavy (non-hydrogen) atoms. The van der Waals surface area contributed by atoms with Gasteiger partial charge in [-0.2, -0.15) is 0 Å². The third-order valence-corrected chi connectivity index (χ3v) is 9.08. The highest BCUT2D eigenvalue weighted by Gasteiger charge is 2.31. The molecule has 3 aliphatic heterocycles. The fourth-order valence-corrected chi connectivity index (χ4v) is 6.38. The monoisotopic (exact) mass is 610 g/mol. The number of carbonyl (C=O) groups excluding carboxylic acids is 2. The number of ether oxygens (including phenoxy) is 2. The Balaban J connectivity index is 1.07. The lowest BCUT2D eigenvalue weighted by atomic mass is 9.94. The lowest BCUT2D eigenvalue weighted by Gasteiger charge is -2.34. The van der Waals surface area contributed by atoms with E-state index in [1.807, 2.05) is 17.9 Å². The third kappa shape index (κ3) is 7.96. The standard InChI is InChI=1S/C32H46N6O6/c1-20-27-9-10-37(16-23(27)5-6-28(20)43-18-29-21(2)34-19-44-29)17-26(40)15-33-32(41)24-13-30(36-31(14-24)42-4)35-25-7-11-38(12-8-25)22(3)39/h5-6,19,24-26,31,40H,7-18H2,1-4H3,(H,33,41)(H,35,36)/t24?,26-,31?/m0/s1. The number of likely N-dealkylation sites (tertiary alicyclic amines) is 1. The van der Waals surface area contributed by atoms with Crippen LogP contribution in [0.1, 0.15) is 60.8 Å². The Labute approximate surface area is 259 Å². The van der Waals surface area contributed by atoms with Crippen molar-refractivity contribution in [2.75, 3.05) is 39.8 Å². The van der Waals surface area contributed by atoms with Crippen LogP contribution in [0.2, 0.25) is 0 Å². The molecule has 4 heterocycles. The van der Waals surface area contributed by atoms with Crippen molar-refractivity contribution in [2.24, 2.45) is 10.9 Å². The summed E-state index contributed by atoms with van der Waals surface area (Å²) in [6, 6.07) is 4.31. The number of aliphatic hydroxyl groups excluding tert-OH is 1. The minimum Gasteiger partial charge on any atom is -0.485 e. The molecule has 0 radical (unpaired) electrons. The second-order valence-corrected chi connectivity index (χ2v) is 12.2. The van der Waals surface area contributed by atoms with E-state index >= 15 is 0 Å². The zero-order valence-corrected chi connectivity index (χ0v) is 26.3. The SMILES string of the molecule is COC1CC(C(=O)NC[C@H](O)CN2CCc3c(ccc(OCc4ocnc4C)c3C)C2)CC(NC2CCN(C(C)=O)CC2)=N1. The molecule has 12 heteroatoms. The third-order valence-electron chi connectivity index (χ3n) is 9.08. The first-order valence-corrected chi connectivity index (χ1v) is 15.6. The van der Waals surface area contributed by atoms with Gasteiger partial charge in [-0.3, -0.25) is 14.5 Å². The summed E-state index contributed by atoms with van der Waals surface area (Å²) in [6.45, 7) is 9.58. The van der Waals surface area contributed by atoms with E-state index in [2.05, 4.69) is 38.5 Å². The molecule has 3 N–H and O–H groups in total. The lowest BCUT2D eigenvalue weighted by molar-refractivity contribution is -0.130. The number of rotatable bonds is 10. The number of β-amino-alcohol motifs (C(OH)–C–C–N with tert-alkyl or cyclic N) is 1. The van der Waals surface area contributed by atoms with Crippen molar-refractivity contribution in [1.29, 1.82) is 0 Å². The van der Waals surface area contributed by atoms with Crippen molar-refractivity contribution < 1.29 is 28.6 Å². The first kappa shape index (κ1) is 31.9. The van der Waals surface area contributed by atoms with Crippen LogP contribution in [-0.4, -0.2) is 95.7 Å². The summed E-state index contributed by atoms with van der Waals surface area (Å²) < 4.78 is 16.9. The van der Waals surface area contributed by atoms with Crippen LogP contribution in [0.25, 0.3) is 0 Å². The number of aliphatic hydroxyl groups is 1. The van der Waals surface area contributed by atoms with E-state index in [0.717, 1.165) is 74.0 Å². The number of hydrogen-bond donors (Lipinski definition) is 3.